The quantitative estimate of drug-likeness (QED) is 0.794. The zero-order valence-electron chi connectivity index (χ0n) is 11.8. The van der Waals surface area contributed by atoms with Gasteiger partial charge in [-0.05, 0) is 25.3 Å². The number of alkyl halides is 1. The van der Waals surface area contributed by atoms with Gasteiger partial charge in [0, 0.05) is 23.3 Å². The lowest BCUT2D eigenvalue weighted by Gasteiger charge is -2.30. The van der Waals surface area contributed by atoms with Crippen molar-refractivity contribution in [2.75, 3.05) is 17.3 Å². The molecule has 0 saturated carbocycles. The zero-order chi connectivity index (χ0) is 13.9. The Kier molecular flexibility index (Phi) is 4.41. The van der Waals surface area contributed by atoms with E-state index in [1.54, 1.807) is 17.7 Å². The molecule has 0 aromatic carbocycles. The molecule has 2 aromatic rings. The summed E-state index contributed by atoms with van der Waals surface area (Å²) in [5.41, 5.74) is 0. The number of thiophene rings is 1. The van der Waals surface area contributed by atoms with Gasteiger partial charge in [0.1, 0.15) is 17.0 Å². The third-order valence-electron chi connectivity index (χ3n) is 4.04. The molecule has 2 aromatic heterocycles. The first-order valence-corrected chi connectivity index (χ1v) is 8.74. The van der Waals surface area contributed by atoms with E-state index in [0.29, 0.717) is 11.9 Å². The molecule has 0 N–H and O–H groups in total. The van der Waals surface area contributed by atoms with E-state index in [-0.39, 0.29) is 0 Å². The van der Waals surface area contributed by atoms with Crippen molar-refractivity contribution in [3.05, 3.63) is 17.3 Å². The number of fused-ring (bicyclic) bond motifs is 1. The fraction of sp³-hybridized carbons (Fsp3) is 0.600. The maximum absolute atomic E-state index is 6.20. The van der Waals surface area contributed by atoms with Crippen LogP contribution in [0.25, 0.3) is 10.2 Å². The van der Waals surface area contributed by atoms with E-state index in [4.69, 9.17) is 11.6 Å². The Morgan fingerprint density at radius 1 is 1.35 bits per heavy atom. The minimum Gasteiger partial charge on any atom is -0.352 e. The van der Waals surface area contributed by atoms with Crippen molar-refractivity contribution >= 4 is 39.0 Å². The lowest BCUT2D eigenvalue weighted by atomic mass is 10.1. The molecule has 20 heavy (non-hydrogen) atoms. The highest BCUT2D eigenvalue weighted by Crippen LogP contribution is 2.33. The summed E-state index contributed by atoms with van der Waals surface area (Å²) in [7, 11) is 0. The van der Waals surface area contributed by atoms with Crippen molar-refractivity contribution in [2.45, 2.75) is 45.1 Å². The third kappa shape index (κ3) is 2.63. The first-order valence-electron chi connectivity index (χ1n) is 7.39. The second kappa shape index (κ2) is 6.27. The number of hydrogen-bond donors (Lipinski definition) is 0. The van der Waals surface area contributed by atoms with E-state index in [0.717, 1.165) is 23.6 Å². The number of aryl methyl sites for hydroxylation is 1. The van der Waals surface area contributed by atoms with Crippen molar-refractivity contribution < 1.29 is 0 Å². The van der Waals surface area contributed by atoms with Crippen LogP contribution in [0.4, 0.5) is 5.82 Å². The maximum atomic E-state index is 6.20. The van der Waals surface area contributed by atoms with Gasteiger partial charge in [-0.3, -0.25) is 0 Å². The topological polar surface area (TPSA) is 29.0 Å². The number of rotatable bonds is 3. The molecule has 1 aliphatic rings. The van der Waals surface area contributed by atoms with Gasteiger partial charge in [-0.15, -0.1) is 22.9 Å². The van der Waals surface area contributed by atoms with Crippen LogP contribution in [0.1, 0.15) is 37.5 Å². The van der Waals surface area contributed by atoms with Crippen LogP contribution >= 0.6 is 22.9 Å². The smallest absolute Gasteiger partial charge is 0.141 e. The van der Waals surface area contributed by atoms with Crippen molar-refractivity contribution in [1.29, 1.82) is 0 Å². The highest BCUT2D eigenvalue weighted by atomic mass is 35.5. The lowest BCUT2D eigenvalue weighted by Crippen LogP contribution is -2.36. The normalized spacial score (nSPS) is 20.3. The van der Waals surface area contributed by atoms with Gasteiger partial charge < -0.3 is 4.90 Å². The van der Waals surface area contributed by atoms with Crippen molar-refractivity contribution in [3.8, 4) is 0 Å². The SMILES string of the molecule is CCc1cc2c(N3CCCCCC3CCl)ncnc2s1. The molecular formula is C15H20ClN3S. The minimum absolute atomic E-state index is 0.405. The number of nitrogens with zero attached hydrogens (tertiary/aromatic N) is 3. The number of anilines is 1. The van der Waals surface area contributed by atoms with Crippen LogP contribution in [0.2, 0.25) is 0 Å². The molecule has 1 aliphatic heterocycles. The molecule has 5 heteroatoms. The predicted octanol–water partition coefficient (Wildman–Crippen LogP) is 4.24. The van der Waals surface area contributed by atoms with E-state index >= 15 is 0 Å². The van der Waals surface area contributed by atoms with Crippen LogP contribution in [0.3, 0.4) is 0 Å². The maximum Gasteiger partial charge on any atom is 0.141 e. The van der Waals surface area contributed by atoms with Gasteiger partial charge in [-0.1, -0.05) is 19.8 Å². The molecule has 0 aliphatic carbocycles. The van der Waals surface area contributed by atoms with E-state index in [1.165, 1.54) is 35.9 Å². The molecular weight excluding hydrogens is 290 g/mol. The van der Waals surface area contributed by atoms with E-state index in [2.05, 4.69) is 27.9 Å². The first kappa shape index (κ1) is 14.1. The summed E-state index contributed by atoms with van der Waals surface area (Å²) in [6.45, 7) is 3.24. The van der Waals surface area contributed by atoms with Gasteiger partial charge in [0.25, 0.3) is 0 Å². The van der Waals surface area contributed by atoms with Crippen molar-refractivity contribution in [2.24, 2.45) is 0 Å². The van der Waals surface area contributed by atoms with Gasteiger partial charge in [-0.2, -0.15) is 0 Å². The Morgan fingerprint density at radius 3 is 3.05 bits per heavy atom. The molecule has 1 unspecified atom stereocenters. The second-order valence-electron chi connectivity index (χ2n) is 5.33. The molecule has 108 valence electrons. The summed E-state index contributed by atoms with van der Waals surface area (Å²) in [4.78, 5) is 13.9. The lowest BCUT2D eigenvalue weighted by molar-refractivity contribution is 0.617. The zero-order valence-corrected chi connectivity index (χ0v) is 13.4. The van der Waals surface area contributed by atoms with E-state index < -0.39 is 0 Å². The summed E-state index contributed by atoms with van der Waals surface area (Å²) >= 11 is 7.98. The second-order valence-corrected chi connectivity index (χ2v) is 6.76. The van der Waals surface area contributed by atoms with E-state index in [9.17, 15) is 0 Å². The predicted molar refractivity (Wildman–Crippen MR) is 87.1 cm³/mol. The molecule has 0 radical (unpaired) electrons. The Hall–Kier alpha value is -0.870. The largest absolute Gasteiger partial charge is 0.352 e. The fourth-order valence-electron chi connectivity index (χ4n) is 2.91. The Morgan fingerprint density at radius 2 is 2.25 bits per heavy atom. The van der Waals surface area contributed by atoms with Gasteiger partial charge in [0.15, 0.2) is 0 Å². The third-order valence-corrected chi connectivity index (χ3v) is 5.58. The van der Waals surface area contributed by atoms with Crippen LogP contribution in [-0.2, 0) is 6.42 Å². The highest BCUT2D eigenvalue weighted by Gasteiger charge is 2.23. The summed E-state index contributed by atoms with van der Waals surface area (Å²) < 4.78 is 0. The van der Waals surface area contributed by atoms with Gasteiger partial charge in [0.05, 0.1) is 5.39 Å². The molecule has 1 fully saturated rings. The minimum atomic E-state index is 0.405. The van der Waals surface area contributed by atoms with Gasteiger partial charge in [0.2, 0.25) is 0 Å². The first-order chi connectivity index (χ1) is 9.83. The van der Waals surface area contributed by atoms with Gasteiger partial charge >= 0.3 is 0 Å². The Balaban J connectivity index is 2.04. The molecule has 3 heterocycles. The highest BCUT2D eigenvalue weighted by molar-refractivity contribution is 7.18. The van der Waals surface area contributed by atoms with Crippen molar-refractivity contribution in [3.63, 3.8) is 0 Å². The number of aromatic nitrogens is 2. The van der Waals surface area contributed by atoms with E-state index in [1.807, 2.05) is 0 Å². The fourth-order valence-corrected chi connectivity index (χ4v) is 4.16. The molecule has 0 spiro atoms. The van der Waals surface area contributed by atoms with Crippen LogP contribution in [-0.4, -0.2) is 28.4 Å². The molecule has 3 rings (SSSR count). The molecule has 0 bridgehead atoms. The summed E-state index contributed by atoms with van der Waals surface area (Å²) in [5, 5.41) is 1.20. The summed E-state index contributed by atoms with van der Waals surface area (Å²) in [5.74, 6) is 1.76. The van der Waals surface area contributed by atoms with Crippen LogP contribution in [0.5, 0.6) is 0 Å². The average Bonchev–Trinajstić information content (AvgIpc) is 2.77. The number of hydrogen-bond acceptors (Lipinski definition) is 4. The Bertz CT molecular complexity index is 584. The Labute approximate surface area is 129 Å². The van der Waals surface area contributed by atoms with Crippen LogP contribution < -0.4 is 4.90 Å². The van der Waals surface area contributed by atoms with Crippen LogP contribution in [0.15, 0.2) is 12.4 Å². The molecule has 1 atom stereocenters. The van der Waals surface area contributed by atoms with Crippen molar-refractivity contribution in [1.82, 2.24) is 9.97 Å². The molecule has 3 nitrogen and oxygen atoms in total. The van der Waals surface area contributed by atoms with Crippen LogP contribution in [0, 0.1) is 0 Å². The summed E-state index contributed by atoms with van der Waals surface area (Å²) in [6.07, 6.45) is 7.71. The standard InChI is InChI=1S/C15H20ClN3S/c1-2-12-8-13-14(17-10-18-15(13)20-12)19-7-5-3-4-6-11(19)9-16/h8,10-11H,2-7,9H2,1H3. The monoisotopic (exact) mass is 309 g/mol. The molecule has 1 saturated heterocycles. The number of halogens is 1. The average molecular weight is 310 g/mol. The summed E-state index contributed by atoms with van der Waals surface area (Å²) in [6, 6.07) is 2.66. The van der Waals surface area contributed by atoms with Gasteiger partial charge in [-0.25, -0.2) is 9.97 Å². The molecule has 0 amide bonds.